The Bertz CT molecular complexity index is 963. The summed E-state index contributed by atoms with van der Waals surface area (Å²) in [5, 5.41) is 9.38. The zero-order chi connectivity index (χ0) is 17.5. The van der Waals surface area contributed by atoms with Crippen molar-refractivity contribution in [1.82, 2.24) is 10.2 Å². The molecule has 5 nitrogen and oxygen atoms in total. The molecule has 3 aromatic rings. The highest BCUT2D eigenvalue weighted by molar-refractivity contribution is 7.14. The molecule has 9 heteroatoms. The van der Waals surface area contributed by atoms with Crippen LogP contribution in [-0.4, -0.2) is 23.5 Å². The van der Waals surface area contributed by atoms with Gasteiger partial charge in [0.25, 0.3) is 0 Å². The number of halogens is 3. The fraction of sp³-hybridized carbons (Fsp3) is 0.267. The quantitative estimate of drug-likeness (QED) is 0.669. The van der Waals surface area contributed by atoms with Crippen LogP contribution in [0.25, 0.3) is 21.5 Å². The normalized spacial score (nSPS) is 11.9. The topological polar surface area (TPSA) is 65.2 Å². The summed E-state index contributed by atoms with van der Waals surface area (Å²) in [7, 11) is 1.14. The zero-order valence-corrected chi connectivity index (χ0v) is 13.4. The number of aromatic nitrogens is 2. The second kappa shape index (κ2) is 5.90. The number of rotatable bonds is 3. The molecular weight excluding hydrogens is 345 g/mol. The number of hydrogen-bond acceptors (Lipinski definition) is 6. The van der Waals surface area contributed by atoms with Crippen LogP contribution in [0.15, 0.2) is 27.4 Å². The Labute approximate surface area is 137 Å². The van der Waals surface area contributed by atoms with Gasteiger partial charge < -0.3 is 9.15 Å². The lowest BCUT2D eigenvalue weighted by molar-refractivity contribution is -0.127. The maximum atomic E-state index is 12.9. The molecule has 2 heterocycles. The standard InChI is InChI=1S/C15H11F3N2O3S/c1-7-19-20-13(24-7)8-3-4-9-10(6-15(16,17)18)12(22-2)14(21)23-11(9)5-8/h3-5H,6H2,1-2H3. The SMILES string of the molecule is COc1c(CC(F)(F)F)c2ccc(-c3nnc(C)s3)cc2oc1=O. The highest BCUT2D eigenvalue weighted by Crippen LogP contribution is 2.33. The maximum Gasteiger partial charge on any atom is 0.393 e. The average molecular weight is 356 g/mol. The number of fused-ring (bicyclic) bond motifs is 1. The molecule has 24 heavy (non-hydrogen) atoms. The number of hydrogen-bond donors (Lipinski definition) is 0. The summed E-state index contributed by atoms with van der Waals surface area (Å²) in [4.78, 5) is 11.9. The van der Waals surface area contributed by atoms with E-state index in [4.69, 9.17) is 9.15 Å². The molecule has 0 radical (unpaired) electrons. The van der Waals surface area contributed by atoms with Crippen LogP contribution in [0, 0.1) is 6.92 Å². The molecule has 0 aliphatic heterocycles. The summed E-state index contributed by atoms with van der Waals surface area (Å²) >= 11 is 1.33. The van der Waals surface area contributed by atoms with Gasteiger partial charge in [0, 0.05) is 16.5 Å². The third-order valence-electron chi connectivity index (χ3n) is 3.32. The van der Waals surface area contributed by atoms with Crippen molar-refractivity contribution in [2.75, 3.05) is 7.11 Å². The van der Waals surface area contributed by atoms with Gasteiger partial charge in [-0.2, -0.15) is 13.2 Å². The minimum Gasteiger partial charge on any atom is -0.490 e. The second-order valence-corrected chi connectivity index (χ2v) is 6.21. The molecular formula is C15H11F3N2O3S. The third-order valence-corrected chi connectivity index (χ3v) is 4.21. The molecule has 0 aliphatic rings. The van der Waals surface area contributed by atoms with Crippen LogP contribution in [0.3, 0.4) is 0 Å². The van der Waals surface area contributed by atoms with Gasteiger partial charge in [0.15, 0.2) is 0 Å². The summed E-state index contributed by atoms with van der Waals surface area (Å²) < 4.78 is 48.5. The number of aryl methyl sites for hydroxylation is 1. The molecule has 1 aromatic carbocycles. The molecule has 0 fully saturated rings. The van der Waals surface area contributed by atoms with Gasteiger partial charge in [0.2, 0.25) is 5.75 Å². The van der Waals surface area contributed by atoms with E-state index >= 15 is 0 Å². The Balaban J connectivity index is 2.23. The van der Waals surface area contributed by atoms with Crippen LogP contribution < -0.4 is 10.4 Å². The molecule has 2 aromatic heterocycles. The number of methoxy groups -OCH3 is 1. The average Bonchev–Trinajstić information content (AvgIpc) is 2.92. The van der Waals surface area contributed by atoms with Crippen LogP contribution in [0.5, 0.6) is 5.75 Å². The Kier molecular flexibility index (Phi) is 4.04. The predicted octanol–water partition coefficient (Wildman–Crippen LogP) is 3.73. The fourth-order valence-corrected chi connectivity index (χ4v) is 3.06. The van der Waals surface area contributed by atoms with Crippen molar-refractivity contribution in [1.29, 1.82) is 0 Å². The van der Waals surface area contributed by atoms with E-state index in [2.05, 4.69) is 10.2 Å². The first-order chi connectivity index (χ1) is 11.3. The molecule has 0 atom stereocenters. The Morgan fingerprint density at radius 3 is 2.62 bits per heavy atom. The molecule has 0 saturated carbocycles. The Morgan fingerprint density at radius 2 is 2.04 bits per heavy atom. The molecule has 0 unspecified atom stereocenters. The molecule has 3 rings (SSSR count). The van der Waals surface area contributed by atoms with Gasteiger partial charge >= 0.3 is 11.8 Å². The van der Waals surface area contributed by atoms with Gasteiger partial charge in [-0.25, -0.2) is 4.79 Å². The lowest BCUT2D eigenvalue weighted by Gasteiger charge is -2.12. The van der Waals surface area contributed by atoms with Crippen LogP contribution in [-0.2, 0) is 6.42 Å². The van der Waals surface area contributed by atoms with Crippen molar-refractivity contribution in [3.8, 4) is 16.3 Å². The first-order valence-corrected chi connectivity index (χ1v) is 7.61. The van der Waals surface area contributed by atoms with Crippen LogP contribution in [0.1, 0.15) is 10.6 Å². The van der Waals surface area contributed by atoms with E-state index in [1.807, 2.05) is 0 Å². The van der Waals surface area contributed by atoms with Crippen LogP contribution in [0.2, 0.25) is 0 Å². The predicted molar refractivity (Wildman–Crippen MR) is 82.4 cm³/mol. The number of alkyl halides is 3. The first kappa shape index (κ1) is 16.4. The van der Waals surface area contributed by atoms with Crippen molar-refractivity contribution < 1.29 is 22.3 Å². The van der Waals surface area contributed by atoms with Gasteiger partial charge in [-0.05, 0) is 13.0 Å². The summed E-state index contributed by atoms with van der Waals surface area (Å²) in [6.07, 6.45) is -5.77. The zero-order valence-electron chi connectivity index (χ0n) is 12.6. The monoisotopic (exact) mass is 356 g/mol. The molecule has 0 amide bonds. The van der Waals surface area contributed by atoms with Gasteiger partial charge in [-0.3, -0.25) is 0 Å². The highest BCUT2D eigenvalue weighted by atomic mass is 32.1. The van der Waals surface area contributed by atoms with Crippen LogP contribution in [0.4, 0.5) is 13.2 Å². The lowest BCUT2D eigenvalue weighted by Crippen LogP contribution is -2.16. The number of benzene rings is 1. The van der Waals surface area contributed by atoms with Crippen molar-refractivity contribution in [2.45, 2.75) is 19.5 Å². The van der Waals surface area contributed by atoms with Gasteiger partial charge in [0.1, 0.15) is 15.6 Å². The fourth-order valence-electron chi connectivity index (χ4n) is 2.38. The molecule has 0 spiro atoms. The lowest BCUT2D eigenvalue weighted by atomic mass is 10.0. The largest absolute Gasteiger partial charge is 0.490 e. The summed E-state index contributed by atoms with van der Waals surface area (Å²) in [5.74, 6) is -0.431. The van der Waals surface area contributed by atoms with Gasteiger partial charge in [0.05, 0.1) is 13.5 Å². The van der Waals surface area contributed by atoms with E-state index in [0.717, 1.165) is 12.1 Å². The molecule has 126 valence electrons. The highest BCUT2D eigenvalue weighted by Gasteiger charge is 2.32. The minimum atomic E-state index is -4.48. The van der Waals surface area contributed by atoms with Crippen LogP contribution >= 0.6 is 11.3 Å². The third kappa shape index (κ3) is 3.12. The van der Waals surface area contributed by atoms with Crippen molar-refractivity contribution in [3.63, 3.8) is 0 Å². The maximum absolute atomic E-state index is 12.9. The first-order valence-electron chi connectivity index (χ1n) is 6.79. The Morgan fingerprint density at radius 1 is 1.29 bits per heavy atom. The van der Waals surface area contributed by atoms with E-state index in [-0.39, 0.29) is 16.5 Å². The Hall–Kier alpha value is -2.42. The minimum absolute atomic E-state index is 0.0467. The smallest absolute Gasteiger partial charge is 0.393 e. The molecule has 0 saturated heterocycles. The van der Waals surface area contributed by atoms with Crippen molar-refractivity contribution >= 4 is 22.3 Å². The van der Waals surface area contributed by atoms with Gasteiger partial charge in [-0.15, -0.1) is 10.2 Å². The van der Waals surface area contributed by atoms with Gasteiger partial charge in [-0.1, -0.05) is 23.5 Å². The van der Waals surface area contributed by atoms with E-state index in [1.54, 1.807) is 13.0 Å². The summed E-state index contributed by atoms with van der Waals surface area (Å²) in [6, 6.07) is 4.56. The number of ether oxygens (including phenoxy) is 1. The van der Waals surface area contributed by atoms with E-state index in [0.29, 0.717) is 10.6 Å². The molecule has 0 N–H and O–H groups in total. The van der Waals surface area contributed by atoms with E-state index in [9.17, 15) is 18.0 Å². The molecule has 0 bridgehead atoms. The second-order valence-electron chi connectivity index (χ2n) is 5.03. The van der Waals surface area contributed by atoms with E-state index in [1.165, 1.54) is 23.5 Å². The van der Waals surface area contributed by atoms with E-state index < -0.39 is 24.0 Å². The summed E-state index contributed by atoms with van der Waals surface area (Å²) in [6.45, 7) is 1.79. The summed E-state index contributed by atoms with van der Waals surface area (Å²) in [5.41, 5.74) is -0.532. The van der Waals surface area contributed by atoms with Crippen molar-refractivity contribution in [2.24, 2.45) is 0 Å². The number of nitrogens with zero attached hydrogens (tertiary/aromatic N) is 2. The van der Waals surface area contributed by atoms with Crippen molar-refractivity contribution in [3.05, 3.63) is 39.2 Å². The molecule has 0 aliphatic carbocycles.